The number of allylic oxidation sites excluding steroid dienone is 1. The minimum atomic E-state index is 0.331. The molecule has 0 aromatic rings. The van der Waals surface area contributed by atoms with Crippen molar-refractivity contribution in [1.29, 1.82) is 0 Å². The Balaban J connectivity index is 1.51. The van der Waals surface area contributed by atoms with Crippen molar-refractivity contribution in [2.45, 2.75) is 112 Å². The minimum Gasteiger partial charge on any atom is -0.295 e. The maximum atomic E-state index is 12.1. The predicted molar refractivity (Wildman–Crippen MR) is 123 cm³/mol. The summed E-state index contributed by atoms with van der Waals surface area (Å²) in [5.74, 6) is 5.86. The quantitative estimate of drug-likeness (QED) is 0.443. The van der Waals surface area contributed by atoms with Crippen molar-refractivity contribution in [1.82, 2.24) is 0 Å². The van der Waals surface area contributed by atoms with Gasteiger partial charge in [-0.3, -0.25) is 4.79 Å². The molecule has 164 valence electrons. The Morgan fingerprint density at radius 2 is 1.79 bits per heavy atom. The highest BCUT2D eigenvalue weighted by molar-refractivity contribution is 5.91. The topological polar surface area (TPSA) is 17.1 Å². The fraction of sp³-hybridized carbons (Fsp3) is 0.893. The first-order valence-corrected chi connectivity index (χ1v) is 13.0. The largest absolute Gasteiger partial charge is 0.295 e. The average molecular weight is 399 g/mol. The molecular weight excluding hydrogens is 352 g/mol. The van der Waals surface area contributed by atoms with Crippen molar-refractivity contribution < 1.29 is 4.79 Å². The number of carbonyl (C=O) groups is 1. The van der Waals surface area contributed by atoms with E-state index in [0.29, 0.717) is 16.6 Å². The van der Waals surface area contributed by atoms with Crippen molar-refractivity contribution in [2.75, 3.05) is 0 Å². The second kappa shape index (κ2) is 8.16. The Kier molecular flexibility index (Phi) is 6.09. The number of ketones is 1. The van der Waals surface area contributed by atoms with E-state index in [1.165, 1.54) is 69.8 Å². The van der Waals surface area contributed by atoms with Gasteiger partial charge < -0.3 is 0 Å². The van der Waals surface area contributed by atoms with Gasteiger partial charge in [0.05, 0.1) is 0 Å². The van der Waals surface area contributed by atoms with E-state index in [0.717, 1.165) is 48.3 Å². The third-order valence-corrected chi connectivity index (χ3v) is 10.5. The smallest absolute Gasteiger partial charge is 0.155 e. The molecule has 0 saturated heterocycles. The van der Waals surface area contributed by atoms with Crippen LogP contribution < -0.4 is 0 Å². The Bertz CT molecular complexity index is 645. The molecule has 4 aliphatic rings. The third kappa shape index (κ3) is 3.67. The molecule has 0 aliphatic heterocycles. The van der Waals surface area contributed by atoms with E-state index in [-0.39, 0.29) is 0 Å². The summed E-state index contributed by atoms with van der Waals surface area (Å²) < 4.78 is 0. The standard InChI is InChI=1S/C28H46O/c1-6-20(9-7-8-19(2)3)24-12-13-25-23-11-10-21-18-22(29)14-16-27(21,4)26(23)15-17-28(24,25)5/h18-20,23-26H,6-17H2,1-5H3. The molecule has 3 saturated carbocycles. The van der Waals surface area contributed by atoms with Crippen LogP contribution in [-0.2, 0) is 4.79 Å². The van der Waals surface area contributed by atoms with Gasteiger partial charge in [-0.15, -0.1) is 0 Å². The average Bonchev–Trinajstić information content (AvgIpc) is 3.03. The first-order chi connectivity index (χ1) is 13.8. The number of fused-ring (bicyclic) bond motifs is 5. The molecule has 0 spiro atoms. The minimum absolute atomic E-state index is 0.331. The molecule has 0 heterocycles. The molecule has 0 radical (unpaired) electrons. The van der Waals surface area contributed by atoms with Crippen LogP contribution in [0, 0.1) is 46.3 Å². The SMILES string of the molecule is CCC(CCCC(C)C)C1CCC2C3CCC4=CC(=O)CCC4(C)C3CCC12C. The molecule has 7 unspecified atom stereocenters. The van der Waals surface area contributed by atoms with Gasteiger partial charge in [-0.2, -0.15) is 0 Å². The van der Waals surface area contributed by atoms with E-state index in [1.54, 1.807) is 0 Å². The van der Waals surface area contributed by atoms with E-state index in [1.807, 2.05) is 0 Å². The number of rotatable bonds is 6. The molecule has 0 bridgehead atoms. The molecule has 0 N–H and O–H groups in total. The molecule has 1 nitrogen and oxygen atoms in total. The van der Waals surface area contributed by atoms with Gasteiger partial charge >= 0.3 is 0 Å². The summed E-state index contributed by atoms with van der Waals surface area (Å²) in [5.41, 5.74) is 2.44. The molecule has 1 heteroatoms. The van der Waals surface area contributed by atoms with E-state index >= 15 is 0 Å². The molecule has 4 rings (SSSR count). The number of carbonyl (C=O) groups excluding carboxylic acids is 1. The van der Waals surface area contributed by atoms with Gasteiger partial charge in [0, 0.05) is 6.42 Å². The van der Waals surface area contributed by atoms with Gasteiger partial charge in [-0.25, -0.2) is 0 Å². The van der Waals surface area contributed by atoms with E-state index in [2.05, 4.69) is 40.7 Å². The number of hydrogen-bond donors (Lipinski definition) is 0. The highest BCUT2D eigenvalue weighted by atomic mass is 16.1. The second-order valence-corrected chi connectivity index (χ2v) is 12.2. The highest BCUT2D eigenvalue weighted by Crippen LogP contribution is 2.67. The summed E-state index contributed by atoms with van der Waals surface area (Å²) in [6, 6.07) is 0. The van der Waals surface area contributed by atoms with E-state index in [9.17, 15) is 4.79 Å². The Labute approximate surface area is 180 Å². The molecule has 0 aromatic carbocycles. The maximum Gasteiger partial charge on any atom is 0.155 e. The lowest BCUT2D eigenvalue weighted by molar-refractivity contribution is -0.117. The molecule has 3 fully saturated rings. The monoisotopic (exact) mass is 398 g/mol. The second-order valence-electron chi connectivity index (χ2n) is 12.2. The van der Waals surface area contributed by atoms with E-state index < -0.39 is 0 Å². The van der Waals surface area contributed by atoms with Crippen LogP contribution in [-0.4, -0.2) is 5.78 Å². The lowest BCUT2D eigenvalue weighted by Crippen LogP contribution is -2.51. The maximum absolute atomic E-state index is 12.1. The van der Waals surface area contributed by atoms with Crippen LogP contribution in [0.5, 0.6) is 0 Å². The van der Waals surface area contributed by atoms with Gasteiger partial charge in [0.1, 0.15) is 0 Å². The molecule has 0 amide bonds. The fourth-order valence-corrected chi connectivity index (χ4v) is 8.85. The van der Waals surface area contributed by atoms with Crippen molar-refractivity contribution in [3.8, 4) is 0 Å². The molecular formula is C28H46O. The van der Waals surface area contributed by atoms with Crippen molar-refractivity contribution in [3.63, 3.8) is 0 Å². The van der Waals surface area contributed by atoms with Crippen molar-refractivity contribution in [3.05, 3.63) is 11.6 Å². The first kappa shape index (κ1) is 21.6. The first-order valence-electron chi connectivity index (χ1n) is 13.0. The van der Waals surface area contributed by atoms with Crippen LogP contribution in [0.1, 0.15) is 112 Å². The summed E-state index contributed by atoms with van der Waals surface area (Å²) >= 11 is 0. The van der Waals surface area contributed by atoms with Gasteiger partial charge in [-0.1, -0.05) is 65.9 Å². The van der Waals surface area contributed by atoms with Crippen LogP contribution in [0.2, 0.25) is 0 Å². The molecule has 0 aromatic heterocycles. The van der Waals surface area contributed by atoms with E-state index in [4.69, 9.17) is 0 Å². The Hall–Kier alpha value is -0.590. The van der Waals surface area contributed by atoms with Crippen LogP contribution in [0.3, 0.4) is 0 Å². The molecule has 4 aliphatic carbocycles. The van der Waals surface area contributed by atoms with Crippen LogP contribution in [0.4, 0.5) is 0 Å². The van der Waals surface area contributed by atoms with Crippen LogP contribution in [0.25, 0.3) is 0 Å². The zero-order chi connectivity index (χ0) is 20.8. The lowest BCUT2D eigenvalue weighted by atomic mass is 9.46. The zero-order valence-corrected chi connectivity index (χ0v) is 19.9. The van der Waals surface area contributed by atoms with Gasteiger partial charge in [-0.05, 0) is 97.4 Å². The normalized spacial score (nSPS) is 42.8. The Morgan fingerprint density at radius 1 is 1.00 bits per heavy atom. The zero-order valence-electron chi connectivity index (χ0n) is 19.9. The third-order valence-electron chi connectivity index (χ3n) is 10.5. The van der Waals surface area contributed by atoms with Crippen LogP contribution in [0.15, 0.2) is 11.6 Å². The van der Waals surface area contributed by atoms with Gasteiger partial charge in [0.15, 0.2) is 5.78 Å². The molecule has 7 atom stereocenters. The van der Waals surface area contributed by atoms with Gasteiger partial charge in [0.25, 0.3) is 0 Å². The summed E-state index contributed by atoms with van der Waals surface area (Å²) in [4.78, 5) is 12.1. The fourth-order valence-electron chi connectivity index (χ4n) is 8.85. The number of hydrogen-bond acceptors (Lipinski definition) is 1. The molecule has 29 heavy (non-hydrogen) atoms. The summed E-state index contributed by atoms with van der Waals surface area (Å²) in [6.45, 7) is 12.4. The van der Waals surface area contributed by atoms with Gasteiger partial charge in [0.2, 0.25) is 0 Å². The summed E-state index contributed by atoms with van der Waals surface area (Å²) in [7, 11) is 0. The predicted octanol–water partition coefficient (Wildman–Crippen LogP) is 7.99. The lowest BCUT2D eigenvalue weighted by Gasteiger charge is -2.58. The summed E-state index contributed by atoms with van der Waals surface area (Å²) in [5, 5.41) is 0. The van der Waals surface area contributed by atoms with Crippen molar-refractivity contribution in [2.24, 2.45) is 46.3 Å². The summed E-state index contributed by atoms with van der Waals surface area (Å²) in [6.07, 6.45) is 18.0. The Morgan fingerprint density at radius 3 is 2.52 bits per heavy atom. The van der Waals surface area contributed by atoms with Crippen LogP contribution >= 0.6 is 0 Å². The van der Waals surface area contributed by atoms with Crippen molar-refractivity contribution >= 4 is 5.78 Å². The highest BCUT2D eigenvalue weighted by Gasteiger charge is 2.59.